The van der Waals surface area contributed by atoms with Crippen molar-refractivity contribution in [2.24, 2.45) is 5.92 Å². The Labute approximate surface area is 134 Å². The number of nitrogens with zero attached hydrogens (tertiary/aromatic N) is 1. The second kappa shape index (κ2) is 9.82. The van der Waals surface area contributed by atoms with Crippen LogP contribution in [0, 0.1) is 5.92 Å². The van der Waals surface area contributed by atoms with Gasteiger partial charge in [-0.2, -0.15) is 11.8 Å². The molecule has 2 N–H and O–H groups in total. The molecule has 1 rings (SSSR count). The van der Waals surface area contributed by atoms with Gasteiger partial charge in [0, 0.05) is 23.1 Å². The lowest BCUT2D eigenvalue weighted by Gasteiger charge is -2.22. The van der Waals surface area contributed by atoms with E-state index in [0.29, 0.717) is 16.8 Å². The highest BCUT2D eigenvalue weighted by atomic mass is 32.2. The minimum atomic E-state index is -1.01. The SMILES string of the molecule is CCC[C@@H]1C[C@@H](C(=O)N[C@H](CO)CS(=O)CSC)N(C)C1. The summed E-state index contributed by atoms with van der Waals surface area (Å²) in [6.07, 6.45) is 5.06. The van der Waals surface area contributed by atoms with E-state index in [-0.39, 0.29) is 18.6 Å². The Morgan fingerprint density at radius 3 is 2.86 bits per heavy atom. The number of hydrogen-bond donors (Lipinski definition) is 2. The minimum absolute atomic E-state index is 0.0451. The standard InChI is InChI=1S/C14H28N2O3S2/c1-4-5-11-6-13(16(2)7-11)14(18)15-12(8-17)9-21(19)10-20-3/h11-13,17H,4-10H2,1-3H3,(H,15,18)/t11-,12-,13+,21?/m1/s1. The van der Waals surface area contributed by atoms with Crippen molar-refractivity contribution in [1.82, 2.24) is 10.2 Å². The lowest BCUT2D eigenvalue weighted by molar-refractivity contribution is -0.125. The molecule has 1 fully saturated rings. The normalized spacial score (nSPS) is 25.7. The summed E-state index contributed by atoms with van der Waals surface area (Å²) in [5.74, 6) is 0.850. The fourth-order valence-electron chi connectivity index (χ4n) is 2.87. The molecule has 0 aromatic heterocycles. The third-order valence-corrected chi connectivity index (χ3v) is 6.61. The highest BCUT2D eigenvalue weighted by Crippen LogP contribution is 2.25. The summed E-state index contributed by atoms with van der Waals surface area (Å²) in [6, 6.07) is -0.534. The number of likely N-dealkylation sites (tertiary alicyclic amines) is 1. The Bertz CT molecular complexity index is 355. The van der Waals surface area contributed by atoms with Crippen LogP contribution in [-0.4, -0.2) is 69.5 Å². The lowest BCUT2D eigenvalue weighted by Crippen LogP contribution is -2.49. The van der Waals surface area contributed by atoms with E-state index in [4.69, 9.17) is 0 Å². The van der Waals surface area contributed by atoms with E-state index < -0.39 is 16.8 Å². The topological polar surface area (TPSA) is 69.6 Å². The number of aliphatic hydroxyl groups excluding tert-OH is 1. The van der Waals surface area contributed by atoms with Crippen molar-refractivity contribution in [1.29, 1.82) is 0 Å². The number of carbonyl (C=O) groups is 1. The minimum Gasteiger partial charge on any atom is -0.394 e. The van der Waals surface area contributed by atoms with E-state index in [2.05, 4.69) is 17.1 Å². The molecule has 0 aliphatic carbocycles. The summed E-state index contributed by atoms with van der Waals surface area (Å²) >= 11 is 1.51. The van der Waals surface area contributed by atoms with Crippen molar-refractivity contribution in [3.63, 3.8) is 0 Å². The summed E-state index contributed by atoms with van der Waals surface area (Å²) in [6.45, 7) is 2.95. The van der Waals surface area contributed by atoms with Crippen LogP contribution in [0.3, 0.4) is 0 Å². The van der Waals surface area contributed by atoms with Crippen molar-refractivity contribution in [3.8, 4) is 0 Å². The maximum Gasteiger partial charge on any atom is 0.237 e. The Hall–Kier alpha value is -0.110. The molecule has 124 valence electrons. The zero-order valence-electron chi connectivity index (χ0n) is 13.2. The zero-order chi connectivity index (χ0) is 15.8. The summed E-state index contributed by atoms with van der Waals surface area (Å²) < 4.78 is 11.7. The van der Waals surface area contributed by atoms with Gasteiger partial charge in [-0.3, -0.25) is 13.9 Å². The first-order valence-electron chi connectivity index (χ1n) is 7.47. The van der Waals surface area contributed by atoms with Gasteiger partial charge in [0.05, 0.1) is 23.8 Å². The van der Waals surface area contributed by atoms with Gasteiger partial charge in [-0.1, -0.05) is 13.3 Å². The first-order chi connectivity index (χ1) is 10.0. The average Bonchev–Trinajstić information content (AvgIpc) is 2.79. The van der Waals surface area contributed by atoms with Crippen LogP contribution in [0.5, 0.6) is 0 Å². The summed E-state index contributed by atoms with van der Waals surface area (Å²) in [4.78, 5) is 14.4. The first-order valence-corrected chi connectivity index (χ1v) is 10.3. The van der Waals surface area contributed by atoms with E-state index in [1.54, 1.807) is 0 Å². The number of aliphatic hydroxyl groups is 1. The van der Waals surface area contributed by atoms with Gasteiger partial charge in [0.25, 0.3) is 0 Å². The highest BCUT2D eigenvalue weighted by Gasteiger charge is 2.34. The zero-order valence-corrected chi connectivity index (χ0v) is 14.8. The molecule has 0 radical (unpaired) electrons. The number of hydrogen-bond acceptors (Lipinski definition) is 5. The Balaban J connectivity index is 2.48. The molecule has 0 aromatic rings. The van der Waals surface area contributed by atoms with Gasteiger partial charge < -0.3 is 10.4 Å². The van der Waals surface area contributed by atoms with E-state index in [1.807, 2.05) is 13.3 Å². The van der Waals surface area contributed by atoms with Crippen molar-refractivity contribution in [2.75, 3.05) is 37.3 Å². The first kappa shape index (κ1) is 18.9. The molecular weight excluding hydrogens is 308 g/mol. The van der Waals surface area contributed by atoms with Gasteiger partial charge in [-0.05, 0) is 32.1 Å². The van der Waals surface area contributed by atoms with Crippen LogP contribution in [-0.2, 0) is 15.6 Å². The van der Waals surface area contributed by atoms with Crippen LogP contribution in [0.25, 0.3) is 0 Å². The quantitative estimate of drug-likeness (QED) is 0.647. The molecule has 0 bridgehead atoms. The van der Waals surface area contributed by atoms with Gasteiger partial charge >= 0.3 is 0 Å². The number of rotatable bonds is 9. The molecule has 1 aliphatic heterocycles. The van der Waals surface area contributed by atoms with E-state index in [1.165, 1.54) is 11.8 Å². The van der Waals surface area contributed by atoms with Crippen LogP contribution in [0.1, 0.15) is 26.2 Å². The molecule has 1 unspecified atom stereocenters. The molecule has 1 amide bonds. The molecule has 4 atom stereocenters. The monoisotopic (exact) mass is 336 g/mol. The van der Waals surface area contributed by atoms with Crippen molar-refractivity contribution in [3.05, 3.63) is 0 Å². The Morgan fingerprint density at radius 2 is 2.29 bits per heavy atom. The second-order valence-electron chi connectivity index (χ2n) is 5.75. The largest absolute Gasteiger partial charge is 0.394 e. The Morgan fingerprint density at radius 1 is 1.57 bits per heavy atom. The summed E-state index contributed by atoms with van der Waals surface area (Å²) in [7, 11) is 0.960. The Kier molecular flexibility index (Phi) is 8.85. The van der Waals surface area contributed by atoms with E-state index in [0.717, 1.165) is 25.8 Å². The van der Waals surface area contributed by atoms with Crippen LogP contribution in [0.2, 0.25) is 0 Å². The molecular formula is C14H28N2O3S2. The van der Waals surface area contributed by atoms with Gasteiger partial charge in [-0.15, -0.1) is 0 Å². The maximum atomic E-state index is 12.3. The maximum absolute atomic E-state index is 12.3. The van der Waals surface area contributed by atoms with Crippen LogP contribution in [0.15, 0.2) is 0 Å². The smallest absolute Gasteiger partial charge is 0.237 e. The number of carbonyl (C=O) groups excluding carboxylic acids is 1. The second-order valence-corrected chi connectivity index (χ2v) is 8.48. The summed E-state index contributed by atoms with van der Waals surface area (Å²) in [5, 5.41) is 12.8. The van der Waals surface area contributed by atoms with Crippen LogP contribution < -0.4 is 5.32 Å². The number of thioether (sulfide) groups is 1. The molecule has 0 aromatic carbocycles. The molecule has 1 aliphatic rings. The third-order valence-electron chi connectivity index (χ3n) is 3.84. The summed E-state index contributed by atoms with van der Waals surface area (Å²) in [5.41, 5.74) is 0. The number of nitrogens with one attached hydrogen (secondary N) is 1. The van der Waals surface area contributed by atoms with Crippen molar-refractivity contribution >= 4 is 28.5 Å². The number of amides is 1. The predicted molar refractivity (Wildman–Crippen MR) is 89.8 cm³/mol. The fraction of sp³-hybridized carbons (Fsp3) is 0.929. The van der Waals surface area contributed by atoms with Crippen LogP contribution in [0.4, 0.5) is 0 Å². The van der Waals surface area contributed by atoms with Crippen molar-refractivity contribution in [2.45, 2.75) is 38.3 Å². The van der Waals surface area contributed by atoms with Crippen LogP contribution >= 0.6 is 11.8 Å². The van der Waals surface area contributed by atoms with E-state index >= 15 is 0 Å². The molecule has 1 heterocycles. The number of likely N-dealkylation sites (N-methyl/N-ethyl adjacent to an activating group) is 1. The molecule has 5 nitrogen and oxygen atoms in total. The van der Waals surface area contributed by atoms with E-state index in [9.17, 15) is 14.1 Å². The molecule has 21 heavy (non-hydrogen) atoms. The molecule has 0 saturated carbocycles. The predicted octanol–water partition coefficient (Wildman–Crippen LogP) is 0.653. The van der Waals surface area contributed by atoms with Gasteiger partial charge in [0.1, 0.15) is 0 Å². The highest BCUT2D eigenvalue weighted by molar-refractivity contribution is 8.09. The molecule has 1 saturated heterocycles. The molecule has 0 spiro atoms. The molecule has 7 heteroatoms. The third kappa shape index (κ3) is 6.26. The fourth-order valence-corrected chi connectivity index (χ4v) is 4.94. The van der Waals surface area contributed by atoms with Gasteiger partial charge in [-0.25, -0.2) is 0 Å². The van der Waals surface area contributed by atoms with Gasteiger partial charge in [0.2, 0.25) is 5.91 Å². The van der Waals surface area contributed by atoms with Gasteiger partial charge in [0.15, 0.2) is 0 Å². The van der Waals surface area contributed by atoms with Crippen molar-refractivity contribution < 1.29 is 14.1 Å². The lowest BCUT2D eigenvalue weighted by atomic mass is 10.00. The average molecular weight is 337 g/mol.